The number of nitrogens with zero attached hydrogens (tertiary/aromatic N) is 4. The minimum atomic E-state index is 0. The molecule has 6 heteroatoms. The first kappa shape index (κ1) is 21.9. The molecule has 4 nitrogen and oxygen atoms in total. The van der Waals surface area contributed by atoms with E-state index in [1.54, 1.807) is 32.7 Å². The van der Waals surface area contributed by atoms with Gasteiger partial charge in [0.15, 0.2) is 0 Å². The molecule has 0 bridgehead atoms. The zero-order valence-corrected chi connectivity index (χ0v) is 16.3. The molecule has 0 N–H and O–H groups in total. The van der Waals surface area contributed by atoms with Crippen LogP contribution in [0.5, 0.6) is 0 Å². The fourth-order valence-electron chi connectivity index (χ4n) is 2.69. The van der Waals surface area contributed by atoms with Gasteiger partial charge in [0.1, 0.15) is 0 Å². The first-order valence-corrected chi connectivity index (χ1v) is 11.0. The van der Waals surface area contributed by atoms with Crippen LogP contribution in [0.25, 0.3) is 0 Å². The van der Waals surface area contributed by atoms with Crippen molar-refractivity contribution in [2.24, 2.45) is 9.98 Å². The fraction of sp³-hybridized carbons (Fsp3) is 0.368. The van der Waals surface area contributed by atoms with Gasteiger partial charge in [0.2, 0.25) is 0 Å². The Morgan fingerprint density at radius 3 is 1.64 bits per heavy atom. The van der Waals surface area contributed by atoms with E-state index in [-0.39, 0.29) is 19.5 Å². The quantitative estimate of drug-likeness (QED) is 0.344. The van der Waals surface area contributed by atoms with Crippen LogP contribution in [0.4, 0.5) is 0 Å². The minimum absolute atomic E-state index is 0. The summed E-state index contributed by atoms with van der Waals surface area (Å²) in [6.07, 6.45) is 12.0. The van der Waals surface area contributed by atoms with Crippen molar-refractivity contribution in [3.05, 3.63) is 60.2 Å². The molecule has 2 aromatic heterocycles. The molecule has 1 aliphatic rings. The molecular formula is C19H24CuIN4. The van der Waals surface area contributed by atoms with Crippen LogP contribution in [0.3, 0.4) is 0 Å². The number of aliphatic imine (C=N–C) groups is 2. The van der Waals surface area contributed by atoms with Gasteiger partial charge in [-0.25, -0.2) is 0 Å². The molecule has 138 valence electrons. The number of pyridine rings is 2. The number of rotatable bonds is 4. The van der Waals surface area contributed by atoms with E-state index in [9.17, 15) is 0 Å². The molecule has 0 radical (unpaired) electrons. The van der Waals surface area contributed by atoms with Gasteiger partial charge < -0.3 is 0 Å². The molecule has 2 atom stereocenters. The van der Waals surface area contributed by atoms with Crippen LogP contribution in [0, 0.1) is 0 Å². The first-order valence-electron chi connectivity index (χ1n) is 7.91. The van der Waals surface area contributed by atoms with Crippen molar-refractivity contribution in [3.63, 3.8) is 0 Å². The molecular weight excluding hydrogens is 475 g/mol. The van der Waals surface area contributed by atoms with Crippen LogP contribution in [0.15, 0.2) is 58.8 Å². The molecule has 25 heavy (non-hydrogen) atoms. The zero-order valence-electron chi connectivity index (χ0n) is 13.2. The Bertz CT molecular complexity index is 577. The summed E-state index contributed by atoms with van der Waals surface area (Å²) >= 11 is 5.87. The molecule has 1 aliphatic carbocycles. The summed E-state index contributed by atoms with van der Waals surface area (Å²) in [6, 6.07) is 12.2. The second-order valence-corrected chi connectivity index (χ2v) is 5.48. The van der Waals surface area contributed by atoms with Crippen LogP contribution in [0.2, 0.25) is 0 Å². The van der Waals surface area contributed by atoms with Crippen molar-refractivity contribution in [3.8, 4) is 0 Å². The van der Waals surface area contributed by atoms with Gasteiger partial charge in [0.25, 0.3) is 0 Å². The molecule has 2 heterocycles. The predicted octanol–water partition coefficient (Wildman–Crippen LogP) is 4.85. The summed E-state index contributed by atoms with van der Waals surface area (Å²) < 4.78 is 0. The van der Waals surface area contributed by atoms with Crippen LogP contribution >= 0.6 is 20.3 Å². The van der Waals surface area contributed by atoms with Crippen LogP contribution < -0.4 is 0 Å². The molecule has 3 rings (SSSR count). The molecule has 2 unspecified atom stereocenters. The number of aromatic nitrogens is 2. The van der Waals surface area contributed by atoms with Crippen LogP contribution in [0.1, 0.15) is 44.5 Å². The third-order valence-electron chi connectivity index (χ3n) is 3.87. The molecule has 1 fully saturated rings. The maximum atomic E-state index is 4.73. The van der Waals surface area contributed by atoms with Gasteiger partial charge in [-0.1, -0.05) is 32.4 Å². The van der Waals surface area contributed by atoms with Crippen molar-refractivity contribution >= 4 is 32.8 Å². The van der Waals surface area contributed by atoms with E-state index >= 15 is 0 Å². The first-order chi connectivity index (χ1) is 11.9. The Labute approximate surface area is 170 Å². The average Bonchev–Trinajstić information content (AvgIpc) is 2.68. The normalized spacial score (nSPS) is 20.0. The van der Waals surface area contributed by atoms with Gasteiger partial charge in [-0.15, -0.1) is 0 Å². The van der Waals surface area contributed by atoms with Gasteiger partial charge in [-0.3, -0.25) is 20.0 Å². The van der Waals surface area contributed by atoms with Gasteiger partial charge in [-0.2, -0.15) is 0 Å². The summed E-state index contributed by atoms with van der Waals surface area (Å²) in [7, 11) is 0. The number of hydrogen-bond acceptors (Lipinski definition) is 4. The van der Waals surface area contributed by atoms with Crippen molar-refractivity contribution in [1.29, 1.82) is 0 Å². The Morgan fingerprint density at radius 1 is 0.840 bits per heavy atom. The maximum absolute atomic E-state index is 4.73. The van der Waals surface area contributed by atoms with Crippen LogP contribution in [-0.4, -0.2) is 34.5 Å². The van der Waals surface area contributed by atoms with E-state index in [4.69, 9.17) is 9.98 Å². The van der Waals surface area contributed by atoms with E-state index in [1.165, 1.54) is 12.8 Å². The summed E-state index contributed by atoms with van der Waals surface area (Å²) in [5.74, 6) is 0. The van der Waals surface area contributed by atoms with E-state index in [0.717, 1.165) is 24.2 Å². The van der Waals surface area contributed by atoms with Gasteiger partial charge >= 0.3 is 33.1 Å². The third-order valence-corrected chi connectivity index (χ3v) is 3.87. The molecule has 0 spiro atoms. The molecule has 0 saturated heterocycles. The summed E-state index contributed by atoms with van der Waals surface area (Å²) in [4.78, 5) is 18.0. The molecule has 1 saturated carbocycles. The Hall–Kier alpha value is -1.11. The van der Waals surface area contributed by atoms with E-state index in [1.807, 2.05) is 48.8 Å². The summed E-state index contributed by atoms with van der Waals surface area (Å²) in [6.45, 7) is 0. The molecule has 0 aromatic carbocycles. The summed E-state index contributed by atoms with van der Waals surface area (Å²) in [5, 5.41) is 0. The third kappa shape index (κ3) is 7.75. The molecule has 2 aromatic rings. The van der Waals surface area contributed by atoms with Gasteiger partial charge in [0.05, 0.1) is 23.5 Å². The predicted molar refractivity (Wildman–Crippen MR) is 110 cm³/mol. The monoisotopic (exact) mass is 498 g/mol. The zero-order chi connectivity index (χ0) is 17.0. The van der Waals surface area contributed by atoms with Gasteiger partial charge in [-0.05, 0) is 37.1 Å². The average molecular weight is 499 g/mol. The Kier molecular flexibility index (Phi) is 11.5. The number of halogens is 1. The van der Waals surface area contributed by atoms with Crippen LogP contribution in [-0.2, 0) is 12.8 Å². The SMILES string of the molecule is C.C(=NC1CCCCC1N=Cc1ccccn1)c1ccccn1.[Cu][I]. The Balaban J connectivity index is 0.00000101. The fourth-order valence-corrected chi connectivity index (χ4v) is 2.69. The molecule has 0 amide bonds. The van der Waals surface area contributed by atoms with Gasteiger partial charge in [0, 0.05) is 24.8 Å². The van der Waals surface area contributed by atoms with Crippen molar-refractivity contribution < 1.29 is 12.8 Å². The summed E-state index contributed by atoms with van der Waals surface area (Å²) in [5.41, 5.74) is 1.81. The van der Waals surface area contributed by atoms with E-state index in [2.05, 4.69) is 22.7 Å². The second kappa shape index (κ2) is 13.1. The second-order valence-electron chi connectivity index (χ2n) is 5.48. The van der Waals surface area contributed by atoms with Crippen molar-refractivity contribution in [2.45, 2.75) is 45.2 Å². The topological polar surface area (TPSA) is 50.5 Å². The molecule has 0 aliphatic heterocycles. The Morgan fingerprint density at radius 2 is 1.28 bits per heavy atom. The van der Waals surface area contributed by atoms with E-state index < -0.39 is 0 Å². The van der Waals surface area contributed by atoms with Crippen molar-refractivity contribution in [1.82, 2.24) is 9.97 Å². The van der Waals surface area contributed by atoms with Crippen molar-refractivity contribution in [2.75, 3.05) is 0 Å². The van der Waals surface area contributed by atoms with E-state index in [0.29, 0.717) is 0 Å². The standard InChI is InChI=1S/C18H20N4.CH4.Cu.HI/c1-2-10-18(22-14-16-8-4-6-12-20-16)17(9-1)21-13-15-7-3-5-11-19-15;;;/h3-8,11-14,17-18H,1-2,9-10H2;1H4;;1H/q;;+1;/p-1. The number of hydrogen-bond donors (Lipinski definition) is 0.